The zero-order valence-electron chi connectivity index (χ0n) is 7.79. The van der Waals surface area contributed by atoms with Crippen LogP contribution in [0.3, 0.4) is 0 Å². The van der Waals surface area contributed by atoms with E-state index in [0.29, 0.717) is 6.07 Å². The molecule has 0 aliphatic heterocycles. The number of nitrogens with zero attached hydrogens (tertiary/aromatic N) is 1. The Balaban J connectivity index is 3.35. The van der Waals surface area contributed by atoms with Crippen LogP contribution in [-0.2, 0) is 0 Å². The Morgan fingerprint density at radius 1 is 1.47 bits per heavy atom. The van der Waals surface area contributed by atoms with E-state index >= 15 is 0 Å². The Labute approximate surface area is 83.7 Å². The molecule has 0 N–H and O–H groups in total. The Morgan fingerprint density at radius 3 is 2.53 bits per heavy atom. The first-order valence-electron chi connectivity index (χ1n) is 4.14. The van der Waals surface area contributed by atoms with E-state index in [4.69, 9.17) is 0 Å². The van der Waals surface area contributed by atoms with E-state index in [1.165, 1.54) is 6.92 Å². The molecule has 80 valence electrons. The van der Waals surface area contributed by atoms with Gasteiger partial charge in [0, 0.05) is 18.1 Å². The number of hydrogen-bond donors (Lipinski definition) is 0. The van der Waals surface area contributed by atoms with Gasteiger partial charge in [-0.1, -0.05) is 6.92 Å². The van der Waals surface area contributed by atoms with Crippen LogP contribution in [-0.4, -0.2) is 10.7 Å². The van der Waals surface area contributed by atoms with Crippen LogP contribution in [0.4, 0.5) is 14.5 Å². The molecule has 1 aromatic rings. The minimum atomic E-state index is -1.55. The van der Waals surface area contributed by atoms with Gasteiger partial charge < -0.3 is 0 Å². The number of nitro benzene ring substituents is 1. The van der Waals surface area contributed by atoms with Crippen molar-refractivity contribution in [1.29, 1.82) is 0 Å². The SMILES string of the molecule is CCC(=O)c1cc(F)c(F)c([N+](=O)[O-])c1. The molecule has 0 bridgehead atoms. The van der Waals surface area contributed by atoms with Crippen LogP contribution >= 0.6 is 0 Å². The van der Waals surface area contributed by atoms with Crippen LogP contribution in [0.1, 0.15) is 23.7 Å². The van der Waals surface area contributed by atoms with Gasteiger partial charge in [0.25, 0.3) is 0 Å². The van der Waals surface area contributed by atoms with Crippen LogP contribution < -0.4 is 0 Å². The minimum Gasteiger partial charge on any atom is -0.294 e. The van der Waals surface area contributed by atoms with Crippen molar-refractivity contribution < 1.29 is 18.5 Å². The number of nitro groups is 1. The molecular weight excluding hydrogens is 208 g/mol. The maximum Gasteiger partial charge on any atom is 0.308 e. The van der Waals surface area contributed by atoms with E-state index in [-0.39, 0.29) is 12.0 Å². The lowest BCUT2D eigenvalue weighted by atomic mass is 10.1. The molecule has 0 aliphatic carbocycles. The first-order valence-corrected chi connectivity index (χ1v) is 4.14. The summed E-state index contributed by atoms with van der Waals surface area (Å²) in [7, 11) is 0. The maximum atomic E-state index is 12.9. The predicted molar refractivity (Wildman–Crippen MR) is 47.6 cm³/mol. The van der Waals surface area contributed by atoms with Crippen molar-refractivity contribution in [3.05, 3.63) is 39.4 Å². The van der Waals surface area contributed by atoms with Gasteiger partial charge in [-0.25, -0.2) is 4.39 Å². The lowest BCUT2D eigenvalue weighted by Gasteiger charge is -2.00. The molecule has 0 saturated heterocycles. The second-order valence-corrected chi connectivity index (χ2v) is 2.83. The maximum absolute atomic E-state index is 12.9. The lowest BCUT2D eigenvalue weighted by Crippen LogP contribution is -2.02. The Hall–Kier alpha value is -1.85. The van der Waals surface area contributed by atoms with Crippen molar-refractivity contribution in [2.75, 3.05) is 0 Å². The molecule has 0 saturated carbocycles. The van der Waals surface area contributed by atoms with Crippen molar-refractivity contribution in [3.8, 4) is 0 Å². The number of carbonyl (C=O) groups is 1. The van der Waals surface area contributed by atoms with E-state index in [0.717, 1.165) is 6.07 Å². The van der Waals surface area contributed by atoms with Crippen LogP contribution in [0.2, 0.25) is 0 Å². The van der Waals surface area contributed by atoms with Gasteiger partial charge in [0.1, 0.15) is 0 Å². The zero-order valence-corrected chi connectivity index (χ0v) is 7.79. The van der Waals surface area contributed by atoms with Crippen molar-refractivity contribution >= 4 is 11.5 Å². The fourth-order valence-corrected chi connectivity index (χ4v) is 1.07. The van der Waals surface area contributed by atoms with Crippen molar-refractivity contribution in [2.24, 2.45) is 0 Å². The third kappa shape index (κ3) is 2.15. The molecule has 0 fully saturated rings. The number of Topliss-reactive ketones (excluding diaryl/α,β-unsaturated/α-hetero) is 1. The molecule has 6 heteroatoms. The summed E-state index contributed by atoms with van der Waals surface area (Å²) in [6, 6.07) is 1.40. The molecule has 0 spiro atoms. The first kappa shape index (κ1) is 11.2. The molecule has 1 aromatic carbocycles. The van der Waals surface area contributed by atoms with E-state index in [1.807, 2.05) is 0 Å². The molecule has 0 radical (unpaired) electrons. The zero-order chi connectivity index (χ0) is 11.6. The van der Waals surface area contributed by atoms with Gasteiger partial charge in [-0.15, -0.1) is 0 Å². The molecule has 0 atom stereocenters. The molecule has 0 heterocycles. The van der Waals surface area contributed by atoms with Crippen LogP contribution in [0, 0.1) is 21.7 Å². The van der Waals surface area contributed by atoms with Gasteiger partial charge in [0.2, 0.25) is 5.82 Å². The molecular formula is C9H7F2NO3. The van der Waals surface area contributed by atoms with Gasteiger partial charge in [-0.2, -0.15) is 4.39 Å². The average Bonchev–Trinajstić information content (AvgIpc) is 2.20. The Kier molecular flexibility index (Phi) is 3.08. The summed E-state index contributed by atoms with van der Waals surface area (Å²) < 4.78 is 25.7. The van der Waals surface area contributed by atoms with Crippen LogP contribution in [0.15, 0.2) is 12.1 Å². The number of rotatable bonds is 3. The van der Waals surface area contributed by atoms with E-state index in [1.54, 1.807) is 0 Å². The number of benzene rings is 1. The highest BCUT2D eigenvalue weighted by Gasteiger charge is 2.21. The number of ketones is 1. The van der Waals surface area contributed by atoms with Crippen molar-refractivity contribution in [1.82, 2.24) is 0 Å². The molecule has 1 rings (SSSR count). The number of carbonyl (C=O) groups excluding carboxylic acids is 1. The van der Waals surface area contributed by atoms with Crippen LogP contribution in [0.25, 0.3) is 0 Å². The first-order chi connectivity index (χ1) is 6.97. The smallest absolute Gasteiger partial charge is 0.294 e. The summed E-state index contributed by atoms with van der Waals surface area (Å²) in [6.07, 6.45) is 0.0717. The molecule has 0 amide bonds. The highest BCUT2D eigenvalue weighted by Crippen LogP contribution is 2.22. The molecule has 4 nitrogen and oxygen atoms in total. The summed E-state index contributed by atoms with van der Waals surface area (Å²) in [5, 5.41) is 10.3. The summed E-state index contributed by atoms with van der Waals surface area (Å²) >= 11 is 0. The summed E-state index contributed by atoms with van der Waals surface area (Å²) in [5.41, 5.74) is -1.21. The average molecular weight is 215 g/mol. The van der Waals surface area contributed by atoms with Crippen LogP contribution in [0.5, 0.6) is 0 Å². The van der Waals surface area contributed by atoms with Gasteiger partial charge >= 0.3 is 5.69 Å². The van der Waals surface area contributed by atoms with Gasteiger partial charge in [0.05, 0.1) is 4.92 Å². The third-order valence-corrected chi connectivity index (χ3v) is 1.85. The fraction of sp³-hybridized carbons (Fsp3) is 0.222. The van der Waals surface area contributed by atoms with Gasteiger partial charge in [-0.05, 0) is 6.07 Å². The summed E-state index contributed by atoms with van der Waals surface area (Å²) in [6.45, 7) is 1.52. The van der Waals surface area contributed by atoms with E-state index in [2.05, 4.69) is 0 Å². The Bertz CT molecular complexity index is 432. The molecule has 15 heavy (non-hydrogen) atoms. The monoisotopic (exact) mass is 215 g/mol. The normalized spacial score (nSPS) is 10.1. The van der Waals surface area contributed by atoms with E-state index in [9.17, 15) is 23.7 Å². The van der Waals surface area contributed by atoms with E-state index < -0.39 is 28.0 Å². The largest absolute Gasteiger partial charge is 0.308 e. The highest BCUT2D eigenvalue weighted by molar-refractivity contribution is 5.96. The predicted octanol–water partition coefficient (Wildman–Crippen LogP) is 2.47. The third-order valence-electron chi connectivity index (χ3n) is 1.85. The molecule has 0 unspecified atom stereocenters. The topological polar surface area (TPSA) is 60.2 Å². The highest BCUT2D eigenvalue weighted by atomic mass is 19.2. The second kappa shape index (κ2) is 4.12. The van der Waals surface area contributed by atoms with Gasteiger partial charge in [0.15, 0.2) is 11.6 Å². The summed E-state index contributed by atoms with van der Waals surface area (Å²) in [5.74, 6) is -3.41. The molecule has 0 aliphatic rings. The lowest BCUT2D eigenvalue weighted by molar-refractivity contribution is -0.387. The number of hydrogen-bond acceptors (Lipinski definition) is 3. The Morgan fingerprint density at radius 2 is 2.07 bits per heavy atom. The summed E-state index contributed by atoms with van der Waals surface area (Å²) in [4.78, 5) is 20.4. The minimum absolute atomic E-state index is 0.0717. The standard InChI is InChI=1S/C9H7F2NO3/c1-2-8(13)5-3-6(10)9(11)7(4-5)12(14)15/h3-4H,2H2,1H3. The van der Waals surface area contributed by atoms with Gasteiger partial charge in [-0.3, -0.25) is 14.9 Å². The fourth-order valence-electron chi connectivity index (χ4n) is 1.07. The van der Waals surface area contributed by atoms with Crippen molar-refractivity contribution in [3.63, 3.8) is 0 Å². The number of halogens is 2. The quantitative estimate of drug-likeness (QED) is 0.442. The van der Waals surface area contributed by atoms with Crippen molar-refractivity contribution in [2.45, 2.75) is 13.3 Å². The second-order valence-electron chi connectivity index (χ2n) is 2.83. The molecule has 0 aromatic heterocycles.